The number of rotatable bonds is 6. The molecule has 3 aromatic rings. The van der Waals surface area contributed by atoms with Crippen LogP contribution in [0.3, 0.4) is 0 Å². The van der Waals surface area contributed by atoms with Gasteiger partial charge in [-0.25, -0.2) is 0 Å². The maximum atomic E-state index is 4.84. The number of nitrogens with zero attached hydrogens (tertiary/aromatic N) is 1. The molecule has 132 valence electrons. The molecule has 1 nitrogen and oxygen atoms in total. The molecule has 0 aliphatic rings. The van der Waals surface area contributed by atoms with Crippen molar-refractivity contribution in [2.24, 2.45) is 4.99 Å². The number of benzene rings is 3. The number of hydrogen-bond donors (Lipinski definition) is 0. The van der Waals surface area contributed by atoms with Crippen LogP contribution in [0.5, 0.6) is 0 Å². The normalized spacial score (nSPS) is 12.4. The summed E-state index contributed by atoms with van der Waals surface area (Å²) in [5, 5.41) is 0. The van der Waals surface area contributed by atoms with E-state index in [0.29, 0.717) is 0 Å². The molecule has 0 spiro atoms. The Labute approximate surface area is 157 Å². The minimum absolute atomic E-state index is 0.163. The van der Waals surface area contributed by atoms with Crippen molar-refractivity contribution in [3.05, 3.63) is 95.1 Å². The van der Waals surface area contributed by atoms with E-state index in [1.165, 1.54) is 27.8 Å². The third-order valence-electron chi connectivity index (χ3n) is 4.89. The second-order valence-electron chi connectivity index (χ2n) is 6.69. The monoisotopic (exact) mass is 341 g/mol. The second kappa shape index (κ2) is 8.62. The summed E-state index contributed by atoms with van der Waals surface area (Å²) in [7, 11) is 0. The fourth-order valence-electron chi connectivity index (χ4n) is 3.30. The molecular formula is C25H27N. The van der Waals surface area contributed by atoms with Crippen LogP contribution in [0.15, 0.2) is 77.8 Å². The van der Waals surface area contributed by atoms with Gasteiger partial charge in [-0.05, 0) is 59.2 Å². The Morgan fingerprint density at radius 1 is 0.808 bits per heavy atom. The van der Waals surface area contributed by atoms with Gasteiger partial charge >= 0.3 is 0 Å². The molecule has 0 bridgehead atoms. The lowest BCUT2D eigenvalue weighted by atomic mass is 9.96. The maximum absolute atomic E-state index is 4.84. The summed E-state index contributed by atoms with van der Waals surface area (Å²) < 4.78 is 0. The largest absolute Gasteiger partial charge is 0.285 e. The van der Waals surface area contributed by atoms with Gasteiger partial charge in [-0.2, -0.15) is 0 Å². The number of aliphatic imine (C=N–C) groups is 1. The van der Waals surface area contributed by atoms with E-state index >= 15 is 0 Å². The van der Waals surface area contributed by atoms with E-state index in [1.807, 2.05) is 12.3 Å². The Morgan fingerprint density at radius 3 is 2.31 bits per heavy atom. The van der Waals surface area contributed by atoms with Crippen molar-refractivity contribution in [2.45, 2.75) is 39.7 Å². The lowest BCUT2D eigenvalue weighted by molar-refractivity contribution is 0.805. The van der Waals surface area contributed by atoms with Crippen molar-refractivity contribution in [1.29, 1.82) is 0 Å². The Bertz CT molecular complexity index is 878. The Kier molecular flexibility index (Phi) is 6.01. The lowest BCUT2D eigenvalue weighted by Crippen LogP contribution is -1.99. The van der Waals surface area contributed by atoms with Crippen molar-refractivity contribution < 1.29 is 0 Å². The molecule has 3 rings (SSSR count). The fraction of sp³-hybridized carbons (Fsp3) is 0.240. The first kappa shape index (κ1) is 18.1. The van der Waals surface area contributed by atoms with E-state index in [1.54, 1.807) is 0 Å². The Hall–Kier alpha value is -2.67. The van der Waals surface area contributed by atoms with Crippen LogP contribution >= 0.6 is 0 Å². The van der Waals surface area contributed by atoms with Gasteiger partial charge in [-0.15, -0.1) is 0 Å². The minimum Gasteiger partial charge on any atom is -0.285 e. The first-order chi connectivity index (χ1) is 12.7. The van der Waals surface area contributed by atoms with Crippen LogP contribution in [-0.4, -0.2) is 6.21 Å². The van der Waals surface area contributed by atoms with E-state index in [-0.39, 0.29) is 6.04 Å². The summed E-state index contributed by atoms with van der Waals surface area (Å²) in [6.45, 7) is 6.60. The van der Waals surface area contributed by atoms with Crippen LogP contribution in [0.2, 0.25) is 0 Å². The van der Waals surface area contributed by atoms with E-state index in [9.17, 15) is 0 Å². The number of aryl methyl sites for hydroxylation is 2. The average molecular weight is 341 g/mol. The first-order valence-corrected chi connectivity index (χ1v) is 9.51. The van der Waals surface area contributed by atoms with Crippen LogP contribution in [0, 0.1) is 0 Å². The summed E-state index contributed by atoms with van der Waals surface area (Å²) in [6, 6.07) is 26.0. The van der Waals surface area contributed by atoms with Crippen molar-refractivity contribution in [3.8, 4) is 11.1 Å². The molecule has 1 unspecified atom stereocenters. The average Bonchev–Trinajstić information content (AvgIpc) is 2.72. The molecule has 1 heteroatoms. The van der Waals surface area contributed by atoms with Crippen LogP contribution in [0.25, 0.3) is 11.1 Å². The predicted octanol–water partition coefficient (Wildman–Crippen LogP) is 6.66. The van der Waals surface area contributed by atoms with Crippen LogP contribution in [0.4, 0.5) is 0 Å². The topological polar surface area (TPSA) is 12.4 Å². The number of hydrogen-bond acceptors (Lipinski definition) is 1. The van der Waals surface area contributed by atoms with Crippen LogP contribution < -0.4 is 0 Å². The van der Waals surface area contributed by atoms with E-state index < -0.39 is 0 Å². The van der Waals surface area contributed by atoms with Gasteiger partial charge in [0.25, 0.3) is 0 Å². The zero-order valence-corrected chi connectivity index (χ0v) is 15.9. The van der Waals surface area contributed by atoms with Crippen molar-refractivity contribution in [1.82, 2.24) is 0 Å². The SMILES string of the molecule is CCc1ccc(C(C)N=Cc2cccc(-c3ccccc3)c2)c(CC)c1. The molecule has 1 atom stereocenters. The van der Waals surface area contributed by atoms with Gasteiger partial charge in [-0.1, -0.05) is 80.6 Å². The lowest BCUT2D eigenvalue weighted by Gasteiger charge is -2.13. The molecule has 3 aromatic carbocycles. The Morgan fingerprint density at radius 2 is 1.58 bits per heavy atom. The molecule has 0 N–H and O–H groups in total. The summed E-state index contributed by atoms with van der Waals surface area (Å²) in [4.78, 5) is 4.84. The summed E-state index contributed by atoms with van der Waals surface area (Å²) in [5.41, 5.74) is 7.74. The van der Waals surface area contributed by atoms with Crippen molar-refractivity contribution >= 4 is 6.21 Å². The van der Waals surface area contributed by atoms with Gasteiger partial charge in [0.05, 0.1) is 6.04 Å². The zero-order valence-electron chi connectivity index (χ0n) is 15.9. The molecule has 0 aliphatic heterocycles. The Balaban J connectivity index is 1.82. The highest BCUT2D eigenvalue weighted by Gasteiger charge is 2.08. The molecule has 0 aliphatic carbocycles. The quantitative estimate of drug-likeness (QED) is 0.445. The van der Waals surface area contributed by atoms with E-state index in [0.717, 1.165) is 18.4 Å². The third-order valence-corrected chi connectivity index (χ3v) is 4.89. The van der Waals surface area contributed by atoms with Crippen LogP contribution in [-0.2, 0) is 12.8 Å². The zero-order chi connectivity index (χ0) is 18.4. The molecule has 0 amide bonds. The molecule has 0 radical (unpaired) electrons. The van der Waals surface area contributed by atoms with E-state index in [4.69, 9.17) is 4.99 Å². The maximum Gasteiger partial charge on any atom is 0.0723 e. The molecule has 0 heterocycles. The predicted molar refractivity (Wildman–Crippen MR) is 113 cm³/mol. The highest BCUT2D eigenvalue weighted by molar-refractivity contribution is 5.82. The highest BCUT2D eigenvalue weighted by atomic mass is 14.8. The molecular weight excluding hydrogens is 314 g/mol. The van der Waals surface area contributed by atoms with Gasteiger partial charge in [0.15, 0.2) is 0 Å². The van der Waals surface area contributed by atoms with Crippen molar-refractivity contribution in [2.75, 3.05) is 0 Å². The first-order valence-electron chi connectivity index (χ1n) is 9.51. The minimum atomic E-state index is 0.163. The molecule has 0 saturated carbocycles. The molecule has 0 fully saturated rings. The van der Waals surface area contributed by atoms with Gasteiger partial charge in [-0.3, -0.25) is 4.99 Å². The third kappa shape index (κ3) is 4.29. The van der Waals surface area contributed by atoms with Crippen LogP contribution in [0.1, 0.15) is 49.1 Å². The standard InChI is InChI=1S/C25H27N/c1-4-20-14-15-25(22(5-2)16-20)19(3)26-18-21-10-9-13-24(17-21)23-11-7-6-8-12-23/h6-19H,4-5H2,1-3H3. The summed E-state index contributed by atoms with van der Waals surface area (Å²) >= 11 is 0. The van der Waals surface area contributed by atoms with Gasteiger partial charge in [0.2, 0.25) is 0 Å². The van der Waals surface area contributed by atoms with E-state index in [2.05, 4.69) is 87.5 Å². The molecule has 26 heavy (non-hydrogen) atoms. The fourth-order valence-corrected chi connectivity index (χ4v) is 3.30. The van der Waals surface area contributed by atoms with Gasteiger partial charge in [0, 0.05) is 6.21 Å². The molecule has 0 saturated heterocycles. The smallest absolute Gasteiger partial charge is 0.0723 e. The second-order valence-corrected chi connectivity index (χ2v) is 6.69. The van der Waals surface area contributed by atoms with Gasteiger partial charge in [0.1, 0.15) is 0 Å². The summed E-state index contributed by atoms with van der Waals surface area (Å²) in [6.07, 6.45) is 4.13. The van der Waals surface area contributed by atoms with Crippen molar-refractivity contribution in [3.63, 3.8) is 0 Å². The highest BCUT2D eigenvalue weighted by Crippen LogP contribution is 2.24. The molecule has 0 aromatic heterocycles. The van der Waals surface area contributed by atoms with Gasteiger partial charge < -0.3 is 0 Å². The summed E-state index contributed by atoms with van der Waals surface area (Å²) in [5.74, 6) is 0.